The van der Waals surface area contributed by atoms with Gasteiger partial charge in [0.25, 0.3) is 0 Å². The van der Waals surface area contributed by atoms with Crippen molar-refractivity contribution in [2.45, 2.75) is 13.0 Å². The van der Waals surface area contributed by atoms with Crippen molar-refractivity contribution in [3.8, 4) is 11.8 Å². The van der Waals surface area contributed by atoms with E-state index in [-0.39, 0.29) is 17.7 Å². The maximum absolute atomic E-state index is 12.5. The van der Waals surface area contributed by atoms with Crippen LogP contribution in [0.25, 0.3) is 0 Å². The number of hydrogen-bond donors (Lipinski definition) is 2. The second-order valence-corrected chi connectivity index (χ2v) is 6.39. The first-order valence-electron chi connectivity index (χ1n) is 8.66. The van der Waals surface area contributed by atoms with E-state index in [0.29, 0.717) is 11.3 Å². The number of carbonyl (C=O) groups is 1. The Kier molecular flexibility index (Phi) is 5.40. The van der Waals surface area contributed by atoms with Gasteiger partial charge in [-0.3, -0.25) is 9.69 Å². The van der Waals surface area contributed by atoms with E-state index in [4.69, 9.17) is 5.26 Å². The molecule has 6 heteroatoms. The minimum atomic E-state index is -0.229. The first-order valence-corrected chi connectivity index (χ1v) is 8.66. The lowest BCUT2D eigenvalue weighted by Crippen LogP contribution is -2.52. The summed E-state index contributed by atoms with van der Waals surface area (Å²) >= 11 is 0. The smallest absolute Gasteiger partial charge is 0.241 e. The van der Waals surface area contributed by atoms with Crippen LogP contribution in [0.15, 0.2) is 48.5 Å². The number of carbonyl (C=O) groups excluding carboxylic acids is 1. The van der Waals surface area contributed by atoms with Gasteiger partial charge in [-0.05, 0) is 55.5 Å². The minimum absolute atomic E-state index is 0.0483. The number of anilines is 2. The third kappa shape index (κ3) is 4.13. The van der Waals surface area contributed by atoms with Gasteiger partial charge >= 0.3 is 0 Å². The van der Waals surface area contributed by atoms with E-state index in [1.54, 1.807) is 36.4 Å². The molecule has 2 aromatic rings. The molecule has 1 aliphatic rings. The summed E-state index contributed by atoms with van der Waals surface area (Å²) in [5.74, 6) is 0.216. The molecular weight excluding hydrogens is 328 g/mol. The van der Waals surface area contributed by atoms with Crippen molar-refractivity contribution in [3.05, 3.63) is 54.1 Å². The van der Waals surface area contributed by atoms with E-state index in [2.05, 4.69) is 21.2 Å². The Hall–Kier alpha value is -3.04. The molecule has 0 aromatic heterocycles. The van der Waals surface area contributed by atoms with Gasteiger partial charge in [0.2, 0.25) is 5.91 Å². The number of phenolic OH excluding ortho intramolecular Hbond substituents is 1. The van der Waals surface area contributed by atoms with Crippen molar-refractivity contribution in [1.82, 2.24) is 4.90 Å². The number of piperazine rings is 1. The molecule has 1 heterocycles. The Balaban J connectivity index is 1.53. The fraction of sp³-hybridized carbons (Fsp3) is 0.300. The molecule has 0 bridgehead atoms. The molecule has 1 atom stereocenters. The van der Waals surface area contributed by atoms with Crippen molar-refractivity contribution in [2.24, 2.45) is 0 Å². The lowest BCUT2D eigenvalue weighted by molar-refractivity contribution is -0.120. The third-order valence-corrected chi connectivity index (χ3v) is 4.74. The van der Waals surface area contributed by atoms with Gasteiger partial charge in [0.05, 0.1) is 17.7 Å². The van der Waals surface area contributed by atoms with Gasteiger partial charge in [0, 0.05) is 37.6 Å². The molecule has 0 saturated carbocycles. The summed E-state index contributed by atoms with van der Waals surface area (Å²) < 4.78 is 0. The molecule has 1 amide bonds. The molecule has 0 aliphatic carbocycles. The van der Waals surface area contributed by atoms with E-state index in [0.717, 1.165) is 31.9 Å². The highest BCUT2D eigenvalue weighted by Gasteiger charge is 2.25. The van der Waals surface area contributed by atoms with Gasteiger partial charge < -0.3 is 15.3 Å². The van der Waals surface area contributed by atoms with E-state index in [9.17, 15) is 9.90 Å². The lowest BCUT2D eigenvalue weighted by Gasteiger charge is -2.38. The second kappa shape index (κ2) is 7.89. The molecule has 3 rings (SSSR count). The van der Waals surface area contributed by atoms with Gasteiger partial charge in [0.1, 0.15) is 5.75 Å². The maximum Gasteiger partial charge on any atom is 0.241 e. The second-order valence-electron chi connectivity index (χ2n) is 6.39. The number of aromatic hydroxyl groups is 1. The highest BCUT2D eigenvalue weighted by molar-refractivity contribution is 5.94. The zero-order chi connectivity index (χ0) is 18.5. The number of amides is 1. The number of benzene rings is 2. The zero-order valence-corrected chi connectivity index (χ0v) is 14.7. The predicted octanol–water partition coefficient (Wildman–Crippen LogP) is 2.41. The van der Waals surface area contributed by atoms with Crippen LogP contribution in [-0.4, -0.2) is 48.1 Å². The Morgan fingerprint density at radius 2 is 1.69 bits per heavy atom. The molecule has 2 aromatic carbocycles. The molecule has 6 nitrogen and oxygen atoms in total. The minimum Gasteiger partial charge on any atom is -0.508 e. The summed E-state index contributed by atoms with van der Waals surface area (Å²) in [6.45, 7) is 5.17. The summed E-state index contributed by atoms with van der Waals surface area (Å²) in [5.41, 5.74) is 2.35. The quantitative estimate of drug-likeness (QED) is 0.885. The van der Waals surface area contributed by atoms with Crippen LogP contribution in [0.2, 0.25) is 0 Å². The molecule has 1 saturated heterocycles. The van der Waals surface area contributed by atoms with Crippen molar-refractivity contribution >= 4 is 17.3 Å². The number of nitrogens with one attached hydrogen (secondary N) is 1. The highest BCUT2D eigenvalue weighted by Crippen LogP contribution is 2.20. The SMILES string of the molecule is C[C@H](C(=O)Nc1ccc(C#N)cc1)N1CCN(c2ccc(O)cc2)CC1. The van der Waals surface area contributed by atoms with Gasteiger partial charge in [-0.25, -0.2) is 0 Å². The van der Waals surface area contributed by atoms with Crippen LogP contribution in [0, 0.1) is 11.3 Å². The zero-order valence-electron chi connectivity index (χ0n) is 14.7. The molecule has 134 valence electrons. The Morgan fingerprint density at radius 1 is 1.08 bits per heavy atom. The summed E-state index contributed by atoms with van der Waals surface area (Å²) in [5, 5.41) is 21.1. The van der Waals surface area contributed by atoms with E-state index < -0.39 is 0 Å². The lowest BCUT2D eigenvalue weighted by atomic mass is 10.1. The monoisotopic (exact) mass is 350 g/mol. The van der Waals surface area contributed by atoms with E-state index in [1.165, 1.54) is 0 Å². The number of rotatable bonds is 4. The Morgan fingerprint density at radius 3 is 2.27 bits per heavy atom. The summed E-state index contributed by atoms with van der Waals surface area (Å²) in [6, 6.07) is 15.9. The standard InChI is InChI=1S/C20H22N4O2/c1-15(20(26)22-17-4-2-16(14-21)3-5-17)23-10-12-24(13-11-23)18-6-8-19(25)9-7-18/h2-9,15,25H,10-13H2,1H3,(H,22,26)/t15-/m1/s1. The first kappa shape index (κ1) is 17.8. The average molecular weight is 350 g/mol. The van der Waals surface area contributed by atoms with Crippen LogP contribution in [0.5, 0.6) is 5.75 Å². The van der Waals surface area contributed by atoms with E-state index in [1.807, 2.05) is 19.1 Å². The van der Waals surface area contributed by atoms with Crippen molar-refractivity contribution in [1.29, 1.82) is 5.26 Å². The molecule has 0 unspecified atom stereocenters. The fourth-order valence-corrected chi connectivity index (χ4v) is 3.07. The topological polar surface area (TPSA) is 79.6 Å². The summed E-state index contributed by atoms with van der Waals surface area (Å²) in [6.07, 6.45) is 0. The maximum atomic E-state index is 12.5. The third-order valence-electron chi connectivity index (χ3n) is 4.74. The van der Waals surface area contributed by atoms with Gasteiger partial charge in [0.15, 0.2) is 0 Å². The summed E-state index contributed by atoms with van der Waals surface area (Å²) in [4.78, 5) is 16.9. The number of nitriles is 1. The van der Waals surface area contributed by atoms with Crippen LogP contribution in [0.3, 0.4) is 0 Å². The van der Waals surface area contributed by atoms with Crippen LogP contribution in [-0.2, 0) is 4.79 Å². The molecule has 26 heavy (non-hydrogen) atoms. The average Bonchev–Trinajstić information content (AvgIpc) is 2.69. The van der Waals surface area contributed by atoms with Crippen LogP contribution >= 0.6 is 0 Å². The van der Waals surface area contributed by atoms with E-state index >= 15 is 0 Å². The van der Waals surface area contributed by atoms with Crippen LogP contribution in [0.4, 0.5) is 11.4 Å². The highest BCUT2D eigenvalue weighted by atomic mass is 16.3. The largest absolute Gasteiger partial charge is 0.508 e. The number of hydrogen-bond acceptors (Lipinski definition) is 5. The Bertz CT molecular complexity index is 788. The molecule has 2 N–H and O–H groups in total. The van der Waals surface area contributed by atoms with Crippen molar-refractivity contribution in [2.75, 3.05) is 36.4 Å². The Labute approximate surface area is 153 Å². The van der Waals surface area contributed by atoms with Crippen LogP contribution in [0.1, 0.15) is 12.5 Å². The number of nitrogens with zero attached hydrogens (tertiary/aromatic N) is 3. The molecule has 0 spiro atoms. The van der Waals surface area contributed by atoms with Gasteiger partial charge in [-0.2, -0.15) is 5.26 Å². The normalized spacial score (nSPS) is 15.9. The van der Waals surface area contributed by atoms with Crippen LogP contribution < -0.4 is 10.2 Å². The summed E-state index contributed by atoms with van der Waals surface area (Å²) in [7, 11) is 0. The number of phenols is 1. The van der Waals surface area contributed by atoms with Gasteiger partial charge in [-0.1, -0.05) is 0 Å². The van der Waals surface area contributed by atoms with Crippen molar-refractivity contribution < 1.29 is 9.90 Å². The molecule has 1 fully saturated rings. The van der Waals surface area contributed by atoms with Crippen molar-refractivity contribution in [3.63, 3.8) is 0 Å². The first-order chi connectivity index (χ1) is 12.6. The predicted molar refractivity (Wildman–Crippen MR) is 101 cm³/mol. The fourth-order valence-electron chi connectivity index (χ4n) is 3.07. The molecular formula is C20H22N4O2. The van der Waals surface area contributed by atoms with Gasteiger partial charge in [-0.15, -0.1) is 0 Å². The molecule has 0 radical (unpaired) electrons. The molecule has 1 aliphatic heterocycles.